The average molecular weight is 391 g/mol. The summed E-state index contributed by atoms with van der Waals surface area (Å²) in [7, 11) is 1.39. The fraction of sp³-hybridized carbons (Fsp3) is 0.0909. The fourth-order valence-corrected chi connectivity index (χ4v) is 3.21. The molecule has 6 nitrogen and oxygen atoms in total. The van der Waals surface area contributed by atoms with E-state index in [1.165, 1.54) is 19.2 Å². The van der Waals surface area contributed by atoms with Crippen LogP contribution in [0.5, 0.6) is 17.2 Å². The van der Waals surface area contributed by atoms with Crippen molar-refractivity contribution in [1.29, 1.82) is 0 Å². The summed E-state index contributed by atoms with van der Waals surface area (Å²) >= 11 is 0. The minimum atomic E-state index is -0.588. The van der Waals surface area contributed by atoms with E-state index in [2.05, 4.69) is 9.97 Å². The number of carbonyl (C=O) groups excluding carboxylic acids is 1. The molecule has 0 saturated heterocycles. The van der Waals surface area contributed by atoms with E-state index in [0.717, 1.165) is 0 Å². The number of fused-ring (bicyclic) bond motifs is 1. The Balaban J connectivity index is 1.66. The van der Waals surface area contributed by atoms with Crippen molar-refractivity contribution in [2.24, 2.45) is 0 Å². The summed E-state index contributed by atoms with van der Waals surface area (Å²) in [5.74, 6) is -0.233. The van der Waals surface area contributed by atoms with Crippen LogP contribution in [0, 0.1) is 12.7 Å². The second-order valence-corrected chi connectivity index (χ2v) is 6.51. The van der Waals surface area contributed by atoms with Crippen molar-refractivity contribution in [2.45, 2.75) is 6.92 Å². The molecule has 4 aromatic rings. The Morgan fingerprint density at radius 1 is 1.14 bits per heavy atom. The molecule has 4 rings (SSSR count). The van der Waals surface area contributed by atoms with Gasteiger partial charge in [0.05, 0.1) is 18.1 Å². The molecule has 146 valence electrons. The predicted octanol–water partition coefficient (Wildman–Crippen LogP) is 4.62. The van der Waals surface area contributed by atoms with Gasteiger partial charge in [0.15, 0.2) is 17.3 Å². The molecule has 7 heteroatoms. The zero-order chi connectivity index (χ0) is 20.5. The van der Waals surface area contributed by atoms with Crippen LogP contribution >= 0.6 is 0 Å². The third kappa shape index (κ3) is 3.27. The van der Waals surface area contributed by atoms with Gasteiger partial charge < -0.3 is 20.2 Å². The molecular formula is C22H18FN3O3. The zero-order valence-corrected chi connectivity index (χ0v) is 15.8. The van der Waals surface area contributed by atoms with Gasteiger partial charge in [-0.3, -0.25) is 4.79 Å². The van der Waals surface area contributed by atoms with E-state index in [1.54, 1.807) is 49.6 Å². The zero-order valence-electron chi connectivity index (χ0n) is 15.8. The molecule has 2 aromatic heterocycles. The lowest BCUT2D eigenvalue weighted by Crippen LogP contribution is -2.04. The first-order valence-corrected chi connectivity index (χ1v) is 8.87. The van der Waals surface area contributed by atoms with Gasteiger partial charge in [-0.1, -0.05) is 6.07 Å². The number of anilines is 1. The summed E-state index contributed by atoms with van der Waals surface area (Å²) in [6.07, 6.45) is 3.18. The van der Waals surface area contributed by atoms with E-state index in [-0.39, 0.29) is 17.3 Å². The smallest absolute Gasteiger partial charge is 0.207 e. The lowest BCUT2D eigenvalue weighted by atomic mass is 9.98. The van der Waals surface area contributed by atoms with Crippen molar-refractivity contribution in [3.63, 3.8) is 0 Å². The molecule has 0 spiro atoms. The molecule has 3 N–H and O–H groups in total. The van der Waals surface area contributed by atoms with Gasteiger partial charge in [0, 0.05) is 23.6 Å². The molecule has 0 unspecified atom stereocenters. The Morgan fingerprint density at radius 2 is 1.93 bits per heavy atom. The van der Waals surface area contributed by atoms with Gasteiger partial charge in [0.2, 0.25) is 5.82 Å². The first kappa shape index (κ1) is 18.5. The maximum Gasteiger partial charge on any atom is 0.207 e. The monoisotopic (exact) mass is 391 g/mol. The van der Waals surface area contributed by atoms with E-state index in [9.17, 15) is 9.18 Å². The number of ketones is 1. The summed E-state index contributed by atoms with van der Waals surface area (Å²) in [6.45, 7) is 1.79. The van der Waals surface area contributed by atoms with Gasteiger partial charge in [-0.25, -0.2) is 4.98 Å². The number of nitrogen functional groups attached to an aromatic ring is 1. The van der Waals surface area contributed by atoms with Crippen LogP contribution in [-0.4, -0.2) is 22.9 Å². The molecule has 0 bridgehead atoms. The standard InChI is InChI=1S/C22H18FN3O3/c1-12-10-13(29-18-5-3-4-17(28-2)20(18)23)6-7-14(12)21(27)15-11-26-22-19(15)16(24)8-9-25-22/h3-11H,1-2H3,(H3,24,25,26). The highest BCUT2D eigenvalue weighted by Crippen LogP contribution is 2.32. The van der Waals surface area contributed by atoms with Crippen molar-refractivity contribution >= 4 is 22.5 Å². The van der Waals surface area contributed by atoms with Crippen molar-refractivity contribution in [3.05, 3.63) is 77.4 Å². The number of aryl methyl sites for hydroxylation is 1. The maximum atomic E-state index is 14.3. The predicted molar refractivity (Wildman–Crippen MR) is 108 cm³/mol. The second-order valence-electron chi connectivity index (χ2n) is 6.51. The number of H-pyrrole nitrogens is 1. The van der Waals surface area contributed by atoms with Crippen LogP contribution in [0.2, 0.25) is 0 Å². The number of nitrogens with zero attached hydrogens (tertiary/aromatic N) is 1. The molecule has 0 aliphatic rings. The van der Waals surface area contributed by atoms with Crippen molar-refractivity contribution in [2.75, 3.05) is 12.8 Å². The van der Waals surface area contributed by atoms with E-state index >= 15 is 0 Å². The highest BCUT2D eigenvalue weighted by molar-refractivity contribution is 6.18. The molecule has 2 aromatic carbocycles. The summed E-state index contributed by atoms with van der Waals surface area (Å²) in [6, 6.07) is 11.3. The van der Waals surface area contributed by atoms with Gasteiger partial charge in [0.25, 0.3) is 0 Å². The van der Waals surface area contributed by atoms with Gasteiger partial charge in [-0.15, -0.1) is 0 Å². The van der Waals surface area contributed by atoms with Crippen LogP contribution in [0.15, 0.2) is 54.9 Å². The topological polar surface area (TPSA) is 90.2 Å². The van der Waals surface area contributed by atoms with E-state index in [0.29, 0.717) is 39.2 Å². The molecule has 0 radical (unpaired) electrons. The van der Waals surface area contributed by atoms with Crippen LogP contribution in [0.3, 0.4) is 0 Å². The number of nitrogens with two attached hydrogens (primary N) is 1. The third-order valence-electron chi connectivity index (χ3n) is 4.67. The second kappa shape index (κ2) is 7.27. The molecule has 0 atom stereocenters. The quantitative estimate of drug-likeness (QED) is 0.484. The molecule has 0 saturated carbocycles. The Kier molecular flexibility index (Phi) is 4.64. The summed E-state index contributed by atoms with van der Waals surface area (Å²) in [5, 5.41) is 0.593. The molecule has 29 heavy (non-hydrogen) atoms. The number of aromatic amines is 1. The van der Waals surface area contributed by atoms with Crippen LogP contribution in [-0.2, 0) is 0 Å². The maximum absolute atomic E-state index is 14.3. The first-order valence-electron chi connectivity index (χ1n) is 8.87. The summed E-state index contributed by atoms with van der Waals surface area (Å²) < 4.78 is 24.9. The number of hydrogen-bond acceptors (Lipinski definition) is 5. The van der Waals surface area contributed by atoms with Crippen LogP contribution < -0.4 is 15.2 Å². The van der Waals surface area contributed by atoms with Gasteiger partial charge >= 0.3 is 0 Å². The Hall–Kier alpha value is -3.87. The van der Waals surface area contributed by atoms with Crippen molar-refractivity contribution in [3.8, 4) is 17.2 Å². The molecule has 0 aliphatic carbocycles. The minimum Gasteiger partial charge on any atom is -0.494 e. The van der Waals surface area contributed by atoms with Crippen molar-refractivity contribution < 1.29 is 18.7 Å². The van der Waals surface area contributed by atoms with Crippen molar-refractivity contribution in [1.82, 2.24) is 9.97 Å². The number of halogens is 1. The van der Waals surface area contributed by atoms with E-state index in [1.807, 2.05) is 0 Å². The summed E-state index contributed by atoms with van der Waals surface area (Å²) in [5.41, 5.74) is 8.68. The highest BCUT2D eigenvalue weighted by Gasteiger charge is 2.19. The minimum absolute atomic E-state index is 0.0401. The lowest BCUT2D eigenvalue weighted by molar-refractivity contribution is 0.103. The number of aromatic nitrogens is 2. The molecule has 0 aliphatic heterocycles. The highest BCUT2D eigenvalue weighted by atomic mass is 19.1. The number of methoxy groups -OCH3 is 1. The Morgan fingerprint density at radius 3 is 2.69 bits per heavy atom. The average Bonchev–Trinajstić information content (AvgIpc) is 3.15. The fourth-order valence-electron chi connectivity index (χ4n) is 3.21. The molecular weight excluding hydrogens is 373 g/mol. The van der Waals surface area contributed by atoms with Crippen LogP contribution in [0.25, 0.3) is 11.0 Å². The molecule has 0 fully saturated rings. The third-order valence-corrected chi connectivity index (χ3v) is 4.67. The number of rotatable bonds is 5. The number of carbonyl (C=O) groups is 1. The van der Waals surface area contributed by atoms with Crippen LogP contribution in [0.1, 0.15) is 21.5 Å². The molecule has 0 amide bonds. The van der Waals surface area contributed by atoms with Gasteiger partial charge in [-0.2, -0.15) is 4.39 Å². The van der Waals surface area contributed by atoms with E-state index in [4.69, 9.17) is 15.2 Å². The van der Waals surface area contributed by atoms with E-state index < -0.39 is 5.82 Å². The number of ether oxygens (including phenoxy) is 2. The molecule has 2 heterocycles. The first-order chi connectivity index (χ1) is 14.0. The number of hydrogen-bond donors (Lipinski definition) is 2. The lowest BCUT2D eigenvalue weighted by Gasteiger charge is -2.11. The van der Waals surface area contributed by atoms with Gasteiger partial charge in [0.1, 0.15) is 11.4 Å². The number of pyridine rings is 1. The number of nitrogens with one attached hydrogen (secondary N) is 1. The Labute approximate surface area is 166 Å². The SMILES string of the molecule is COc1cccc(Oc2ccc(C(=O)c3c[nH]c4nccc(N)c34)c(C)c2)c1F. The van der Waals surface area contributed by atoms with Gasteiger partial charge in [-0.05, 0) is 48.9 Å². The number of benzene rings is 2. The Bertz CT molecular complexity index is 1230. The largest absolute Gasteiger partial charge is 0.494 e. The van der Waals surface area contributed by atoms with Crippen LogP contribution in [0.4, 0.5) is 10.1 Å². The summed E-state index contributed by atoms with van der Waals surface area (Å²) in [4.78, 5) is 20.2. The normalized spacial score (nSPS) is 10.9.